The Labute approximate surface area is 571 Å². The van der Waals surface area contributed by atoms with Crippen molar-refractivity contribution >= 4 is 248 Å². The van der Waals surface area contributed by atoms with E-state index in [9.17, 15) is 48.1 Å². The van der Waals surface area contributed by atoms with E-state index in [1.807, 2.05) is 13.8 Å². The van der Waals surface area contributed by atoms with Crippen LogP contribution in [0, 0.1) is 6.92 Å². The molecule has 4 N–H and O–H groups in total. The monoisotopic (exact) mass is 1950 g/mol. The highest BCUT2D eigenvalue weighted by molar-refractivity contribution is 9.43. The molecule has 4 aromatic carbocycles. The SMILES string of the molecule is CCC(CC)NC(=O)c1ccccc1S(=O)(=O)C(Br)(Br)Br.Cc1ccccc1S(=O)(=O)C(Br)(Br)Br.O=C(NC1CCCCC1)c1cccc(S(=O)(=O)C(Br)(Br)Br)c1.O=C(NCCCCCCO)c1ccccc1S(=O)(=O)C(Br)(Br)Br. The summed E-state index contributed by atoms with van der Waals surface area (Å²) in [4.78, 5) is 37.2. The molecule has 0 spiro atoms. The van der Waals surface area contributed by atoms with E-state index in [0.29, 0.717) is 17.0 Å². The highest BCUT2D eigenvalue weighted by Crippen LogP contribution is 2.46. The lowest BCUT2D eigenvalue weighted by molar-refractivity contribution is 0.0921. The largest absolute Gasteiger partial charge is 0.396 e. The maximum Gasteiger partial charge on any atom is 0.252 e. The second kappa shape index (κ2) is 34.5. The van der Waals surface area contributed by atoms with Gasteiger partial charge < -0.3 is 21.1 Å². The molecular formula is C49H57Br12N3O12S4. The lowest BCUT2D eigenvalue weighted by Crippen LogP contribution is -2.36. The van der Waals surface area contributed by atoms with Crippen molar-refractivity contribution in [1.82, 2.24) is 16.0 Å². The van der Waals surface area contributed by atoms with E-state index < -0.39 is 51.2 Å². The first-order valence-corrected chi connectivity index (χ1v) is 39.4. The number of alkyl halides is 12. The van der Waals surface area contributed by atoms with E-state index >= 15 is 0 Å². The first kappa shape index (κ1) is 76.9. The summed E-state index contributed by atoms with van der Waals surface area (Å²) in [5, 5.41) is 17.3. The third-order valence-corrected chi connectivity index (χ3v) is 33.0. The van der Waals surface area contributed by atoms with Gasteiger partial charge in [0.15, 0.2) is 0 Å². The zero-order chi connectivity index (χ0) is 61.1. The Morgan fingerprint density at radius 1 is 0.525 bits per heavy atom. The van der Waals surface area contributed by atoms with Crippen LogP contribution in [0.3, 0.4) is 0 Å². The van der Waals surface area contributed by atoms with Crippen LogP contribution in [0.1, 0.15) is 121 Å². The van der Waals surface area contributed by atoms with E-state index in [0.717, 1.165) is 69.8 Å². The summed E-state index contributed by atoms with van der Waals surface area (Å²) in [5.74, 6) is -1.05. The topological polar surface area (TPSA) is 244 Å². The molecule has 0 radical (unpaired) electrons. The highest BCUT2D eigenvalue weighted by atomic mass is 80.0. The number of halogens is 12. The lowest BCUT2D eigenvalue weighted by atomic mass is 9.95. The maximum atomic E-state index is 12.5. The Morgan fingerprint density at radius 3 is 1.40 bits per heavy atom. The fraction of sp³-hybridized carbons (Fsp3) is 0.449. The fourth-order valence-corrected chi connectivity index (χ4v) is 17.2. The summed E-state index contributed by atoms with van der Waals surface area (Å²) in [6, 6.07) is 25.3. The molecule has 0 heterocycles. The van der Waals surface area contributed by atoms with Crippen LogP contribution >= 0.6 is 191 Å². The van der Waals surface area contributed by atoms with E-state index in [4.69, 9.17) is 5.11 Å². The summed E-state index contributed by atoms with van der Waals surface area (Å²) >= 11 is 36.2. The van der Waals surface area contributed by atoms with Crippen molar-refractivity contribution in [2.24, 2.45) is 0 Å². The number of hydrogen-bond acceptors (Lipinski definition) is 12. The van der Waals surface area contributed by atoms with Crippen LogP contribution in [0.4, 0.5) is 0 Å². The van der Waals surface area contributed by atoms with Crippen LogP contribution < -0.4 is 16.0 Å². The van der Waals surface area contributed by atoms with E-state index in [-0.39, 0.29) is 56.3 Å². The van der Waals surface area contributed by atoms with Crippen molar-refractivity contribution < 1.29 is 53.2 Å². The normalized spacial score (nSPS) is 13.8. The van der Waals surface area contributed by atoms with Crippen LogP contribution in [-0.4, -0.2) is 87.6 Å². The standard InChI is InChI=1S/C14H18Br3NO4S.C14H16Br3NO3S.C13H16Br3NO3S.C8H7Br3O2S/c15-14(16,17)23(21,22)12-8-4-3-7-11(12)13(20)18-9-5-1-2-6-10-19;15-14(16,17)22(20,21)12-8-4-5-10(9-12)13(19)18-11-6-2-1-3-7-11;1-3-9(4-2)17-12(18)10-7-5-6-8-11(10)21(19,20)13(14,15)16;1-6-4-2-3-5-7(6)14(12,13)8(9,10)11/h3-4,7-8,19H,1-2,5-6,9-10H2,(H,18,20);4-5,8-9,11H,1-3,6-7H2,(H,18,19);5-9H,3-4H2,1-2H3,(H,17,18);2-5H,1H3. The van der Waals surface area contributed by atoms with Gasteiger partial charge in [-0.2, -0.15) is 0 Å². The van der Waals surface area contributed by atoms with Gasteiger partial charge in [-0.1, -0.05) is 94.5 Å². The molecule has 80 heavy (non-hydrogen) atoms. The predicted molar refractivity (Wildman–Crippen MR) is 361 cm³/mol. The van der Waals surface area contributed by atoms with Gasteiger partial charge in [-0.25, -0.2) is 33.7 Å². The zero-order valence-electron chi connectivity index (χ0n) is 42.7. The fourth-order valence-electron chi connectivity index (χ4n) is 7.11. The molecule has 1 fully saturated rings. The Hall–Kier alpha value is 0.810. The Bertz CT molecular complexity index is 3160. The van der Waals surface area contributed by atoms with Crippen LogP contribution in [-0.2, 0) is 39.3 Å². The number of rotatable bonds is 17. The number of aliphatic hydroxyl groups is 1. The molecule has 4 aromatic rings. The zero-order valence-corrected chi connectivity index (χ0v) is 65.0. The summed E-state index contributed by atoms with van der Waals surface area (Å²) in [5.41, 5.74) is 1.30. The number of hydrogen-bond donors (Lipinski definition) is 4. The Kier molecular flexibility index (Phi) is 33.2. The number of nitrogens with one attached hydrogen (secondary N) is 3. The van der Waals surface area contributed by atoms with Crippen molar-refractivity contribution in [2.45, 2.75) is 129 Å². The number of carbonyl (C=O) groups is 3. The third-order valence-electron chi connectivity index (χ3n) is 11.5. The number of carbonyl (C=O) groups excluding carboxylic acids is 3. The molecule has 0 saturated heterocycles. The molecule has 1 saturated carbocycles. The van der Waals surface area contributed by atoms with Gasteiger partial charge in [-0.3, -0.25) is 14.4 Å². The van der Waals surface area contributed by atoms with Crippen molar-refractivity contribution in [3.05, 3.63) is 119 Å². The van der Waals surface area contributed by atoms with Gasteiger partial charge in [0.25, 0.3) is 17.7 Å². The lowest BCUT2D eigenvalue weighted by Gasteiger charge is -2.23. The molecule has 31 heteroatoms. The van der Waals surface area contributed by atoms with Crippen LogP contribution in [0.5, 0.6) is 0 Å². The minimum Gasteiger partial charge on any atom is -0.396 e. The van der Waals surface area contributed by atoms with E-state index in [2.05, 4.69) is 207 Å². The number of aryl methyl sites for hydroxylation is 1. The van der Waals surface area contributed by atoms with Crippen molar-refractivity contribution in [1.29, 1.82) is 0 Å². The minimum absolute atomic E-state index is 0.0231. The van der Waals surface area contributed by atoms with Gasteiger partial charge in [0, 0.05) is 30.8 Å². The second-order valence-electron chi connectivity index (χ2n) is 17.3. The van der Waals surface area contributed by atoms with Crippen molar-refractivity contribution in [3.63, 3.8) is 0 Å². The molecule has 3 amide bonds. The van der Waals surface area contributed by atoms with Crippen molar-refractivity contribution in [3.8, 4) is 0 Å². The van der Waals surface area contributed by atoms with Gasteiger partial charge in [-0.15, -0.1) is 0 Å². The molecular weight excluding hydrogens is 1910 g/mol. The molecule has 1 aliphatic carbocycles. The molecule has 0 atom stereocenters. The van der Waals surface area contributed by atoms with Gasteiger partial charge in [0.2, 0.25) is 45.2 Å². The molecule has 0 bridgehead atoms. The predicted octanol–water partition coefficient (Wildman–Crippen LogP) is 15.6. The number of sulfone groups is 4. The van der Waals surface area contributed by atoms with Crippen LogP contribution in [0.15, 0.2) is 117 Å². The highest BCUT2D eigenvalue weighted by Gasteiger charge is 2.42. The first-order valence-electron chi connectivity index (χ1n) is 23.9. The molecule has 0 aromatic heterocycles. The van der Waals surface area contributed by atoms with Crippen LogP contribution in [0.25, 0.3) is 0 Å². The number of benzene rings is 4. The first-order chi connectivity index (χ1) is 36.8. The molecule has 1 aliphatic rings. The second-order valence-corrected chi connectivity index (χ2v) is 58.9. The van der Waals surface area contributed by atoms with Crippen molar-refractivity contribution in [2.75, 3.05) is 13.2 Å². The van der Waals surface area contributed by atoms with Gasteiger partial charge in [0.05, 0.1) is 30.7 Å². The number of aliphatic hydroxyl groups excluding tert-OH is 1. The maximum absolute atomic E-state index is 12.5. The van der Waals surface area contributed by atoms with Gasteiger partial charge in [0.1, 0.15) is 0 Å². The average molecular weight is 1970 g/mol. The van der Waals surface area contributed by atoms with Gasteiger partial charge in [-0.05, 0) is 291 Å². The quantitative estimate of drug-likeness (QED) is 0.0570. The summed E-state index contributed by atoms with van der Waals surface area (Å²) in [7, 11) is -14.8. The Morgan fingerprint density at radius 2 is 0.950 bits per heavy atom. The molecule has 448 valence electrons. The molecule has 5 rings (SSSR count). The summed E-state index contributed by atoms with van der Waals surface area (Å²) in [6.45, 7) is 6.33. The Balaban J connectivity index is 0.000000369. The number of unbranched alkanes of at least 4 members (excludes halogenated alkanes) is 3. The third kappa shape index (κ3) is 23.1. The van der Waals surface area contributed by atoms with Crippen LogP contribution in [0.2, 0.25) is 0 Å². The summed E-state index contributed by atoms with van der Waals surface area (Å²) in [6.07, 6.45) is 10.3. The van der Waals surface area contributed by atoms with E-state index in [1.165, 1.54) is 42.8 Å². The minimum atomic E-state index is -3.83. The molecule has 15 nitrogen and oxygen atoms in total. The van der Waals surface area contributed by atoms with E-state index in [1.54, 1.807) is 67.6 Å². The molecule has 0 unspecified atom stereocenters. The smallest absolute Gasteiger partial charge is 0.252 e. The van der Waals surface area contributed by atoms with Gasteiger partial charge >= 0.3 is 0 Å². The average Bonchev–Trinajstić information content (AvgIpc) is 3.38. The molecule has 0 aliphatic heterocycles. The number of amides is 3. The summed E-state index contributed by atoms with van der Waals surface area (Å²) < 4.78 is 92.7.